The Kier molecular flexibility index (Phi) is 3.01. The van der Waals surface area contributed by atoms with Crippen molar-refractivity contribution in [3.63, 3.8) is 0 Å². The van der Waals surface area contributed by atoms with E-state index in [0.29, 0.717) is 5.56 Å². The highest BCUT2D eigenvalue weighted by Crippen LogP contribution is 2.24. The van der Waals surface area contributed by atoms with Gasteiger partial charge < -0.3 is 4.74 Å². The first kappa shape index (κ1) is 11.1. The average molecular weight is 228 g/mol. The van der Waals surface area contributed by atoms with Gasteiger partial charge in [0.2, 0.25) is 5.88 Å². The lowest BCUT2D eigenvalue weighted by Crippen LogP contribution is -1.93. The Morgan fingerprint density at radius 3 is 2.76 bits per heavy atom. The Balaban J connectivity index is 2.32. The molecule has 4 heteroatoms. The summed E-state index contributed by atoms with van der Waals surface area (Å²) in [4.78, 5) is 3.91. The lowest BCUT2D eigenvalue weighted by Gasteiger charge is -2.06. The summed E-state index contributed by atoms with van der Waals surface area (Å²) in [5, 5.41) is 8.68. The third-order valence-corrected chi connectivity index (χ3v) is 2.21. The predicted octanol–water partition coefficient (Wildman–Crippen LogP) is 3.19. The van der Waals surface area contributed by atoms with Crippen LogP contribution < -0.4 is 4.74 Å². The van der Waals surface area contributed by atoms with E-state index in [0.717, 1.165) is 0 Å². The molecule has 0 aliphatic carbocycles. The van der Waals surface area contributed by atoms with Gasteiger partial charge in [-0.3, -0.25) is 0 Å². The summed E-state index contributed by atoms with van der Waals surface area (Å²) in [6, 6.07) is 11.5. The van der Waals surface area contributed by atoms with Crippen LogP contribution in [-0.4, -0.2) is 4.98 Å². The van der Waals surface area contributed by atoms with Crippen molar-refractivity contribution in [3.8, 4) is 17.7 Å². The van der Waals surface area contributed by atoms with E-state index < -0.39 is 5.82 Å². The molecule has 0 N–H and O–H groups in total. The summed E-state index contributed by atoms with van der Waals surface area (Å²) in [6.07, 6.45) is 0. The average Bonchev–Trinajstić information content (AvgIpc) is 2.35. The number of pyridine rings is 1. The van der Waals surface area contributed by atoms with E-state index in [2.05, 4.69) is 4.98 Å². The zero-order valence-corrected chi connectivity index (χ0v) is 9.14. The molecular formula is C13H9FN2O. The zero-order chi connectivity index (χ0) is 12.3. The molecule has 2 rings (SSSR count). The van der Waals surface area contributed by atoms with Crippen LogP contribution in [0.3, 0.4) is 0 Å². The summed E-state index contributed by atoms with van der Waals surface area (Å²) in [7, 11) is 0. The van der Waals surface area contributed by atoms with Crippen LogP contribution in [0.1, 0.15) is 11.3 Å². The van der Waals surface area contributed by atoms with Gasteiger partial charge in [0, 0.05) is 6.07 Å². The van der Waals surface area contributed by atoms with E-state index in [9.17, 15) is 4.39 Å². The van der Waals surface area contributed by atoms with Crippen LogP contribution in [0.15, 0.2) is 36.4 Å². The van der Waals surface area contributed by atoms with Crippen LogP contribution in [0.4, 0.5) is 4.39 Å². The highest BCUT2D eigenvalue weighted by Gasteiger charge is 2.07. The second-order valence-corrected chi connectivity index (χ2v) is 3.46. The molecular weight excluding hydrogens is 219 g/mol. The minimum Gasteiger partial charge on any atom is -0.436 e. The van der Waals surface area contributed by atoms with Gasteiger partial charge in [-0.1, -0.05) is 18.2 Å². The SMILES string of the molecule is Cc1cccc(Oc2cccc(C#N)n2)c1F. The first-order valence-corrected chi connectivity index (χ1v) is 5.01. The standard InChI is InChI=1S/C13H9FN2O/c1-9-4-2-6-11(13(9)14)17-12-7-3-5-10(8-15)16-12/h2-7H,1H3. The number of hydrogen-bond acceptors (Lipinski definition) is 3. The largest absolute Gasteiger partial charge is 0.436 e. The lowest BCUT2D eigenvalue weighted by atomic mass is 10.2. The number of ether oxygens (including phenoxy) is 1. The maximum absolute atomic E-state index is 13.7. The van der Waals surface area contributed by atoms with Crippen molar-refractivity contribution in [2.45, 2.75) is 6.92 Å². The molecule has 0 unspecified atom stereocenters. The number of hydrogen-bond donors (Lipinski definition) is 0. The highest BCUT2D eigenvalue weighted by molar-refractivity contribution is 5.34. The number of nitriles is 1. The topological polar surface area (TPSA) is 45.9 Å². The minimum atomic E-state index is -0.420. The van der Waals surface area contributed by atoms with Crippen LogP contribution in [0.25, 0.3) is 0 Å². The Morgan fingerprint density at radius 2 is 2.00 bits per heavy atom. The van der Waals surface area contributed by atoms with E-state index in [1.807, 2.05) is 6.07 Å². The minimum absolute atomic E-state index is 0.104. The lowest BCUT2D eigenvalue weighted by molar-refractivity contribution is 0.425. The number of halogens is 1. The molecule has 1 heterocycles. The zero-order valence-electron chi connectivity index (χ0n) is 9.14. The normalized spacial score (nSPS) is 9.71. The molecule has 3 nitrogen and oxygen atoms in total. The summed E-state index contributed by atoms with van der Waals surface area (Å²) in [6.45, 7) is 1.65. The van der Waals surface area contributed by atoms with Gasteiger partial charge in [-0.05, 0) is 24.6 Å². The van der Waals surface area contributed by atoms with Gasteiger partial charge in [0.1, 0.15) is 11.8 Å². The molecule has 0 atom stereocenters. The fraction of sp³-hybridized carbons (Fsp3) is 0.0769. The molecule has 0 bridgehead atoms. The van der Waals surface area contributed by atoms with Gasteiger partial charge in [0.25, 0.3) is 0 Å². The molecule has 0 aliphatic rings. The van der Waals surface area contributed by atoms with Crippen LogP contribution in [0.2, 0.25) is 0 Å². The summed E-state index contributed by atoms with van der Waals surface area (Å²) in [5.41, 5.74) is 0.731. The second-order valence-electron chi connectivity index (χ2n) is 3.46. The fourth-order valence-electron chi connectivity index (χ4n) is 1.35. The van der Waals surface area contributed by atoms with Crippen molar-refractivity contribution >= 4 is 0 Å². The molecule has 1 aromatic heterocycles. The van der Waals surface area contributed by atoms with E-state index in [4.69, 9.17) is 10.00 Å². The maximum atomic E-state index is 13.7. The molecule has 0 fully saturated rings. The smallest absolute Gasteiger partial charge is 0.220 e. The monoisotopic (exact) mass is 228 g/mol. The van der Waals surface area contributed by atoms with Gasteiger partial charge in [-0.15, -0.1) is 0 Å². The maximum Gasteiger partial charge on any atom is 0.220 e. The van der Waals surface area contributed by atoms with Crippen molar-refractivity contribution in [3.05, 3.63) is 53.5 Å². The number of rotatable bonds is 2. The first-order chi connectivity index (χ1) is 8.20. The van der Waals surface area contributed by atoms with Gasteiger partial charge in [0.15, 0.2) is 11.6 Å². The molecule has 0 saturated heterocycles. The van der Waals surface area contributed by atoms with E-state index in [1.54, 1.807) is 37.3 Å². The Morgan fingerprint density at radius 1 is 1.24 bits per heavy atom. The van der Waals surface area contributed by atoms with Crippen molar-refractivity contribution < 1.29 is 9.13 Å². The van der Waals surface area contributed by atoms with Gasteiger partial charge >= 0.3 is 0 Å². The molecule has 0 radical (unpaired) electrons. The summed E-state index contributed by atoms with van der Waals surface area (Å²) >= 11 is 0. The second kappa shape index (κ2) is 4.62. The Hall–Kier alpha value is -2.41. The van der Waals surface area contributed by atoms with Crippen molar-refractivity contribution in [2.24, 2.45) is 0 Å². The summed E-state index contributed by atoms with van der Waals surface area (Å²) < 4.78 is 18.9. The third-order valence-electron chi connectivity index (χ3n) is 2.21. The quantitative estimate of drug-likeness (QED) is 0.792. The van der Waals surface area contributed by atoms with Crippen molar-refractivity contribution in [1.82, 2.24) is 4.98 Å². The molecule has 0 spiro atoms. The molecule has 0 aliphatic heterocycles. The fourth-order valence-corrected chi connectivity index (χ4v) is 1.35. The summed E-state index contributed by atoms with van der Waals surface area (Å²) in [5.74, 6) is -0.113. The van der Waals surface area contributed by atoms with E-state index in [1.165, 1.54) is 6.07 Å². The third kappa shape index (κ3) is 2.40. The van der Waals surface area contributed by atoms with Crippen LogP contribution in [0.5, 0.6) is 11.6 Å². The highest BCUT2D eigenvalue weighted by atomic mass is 19.1. The van der Waals surface area contributed by atoms with E-state index >= 15 is 0 Å². The number of benzene rings is 1. The molecule has 0 saturated carbocycles. The Bertz CT molecular complexity index is 590. The molecule has 2 aromatic rings. The molecule has 17 heavy (non-hydrogen) atoms. The molecule has 0 amide bonds. The number of aryl methyl sites for hydroxylation is 1. The predicted molar refractivity (Wildman–Crippen MR) is 60.2 cm³/mol. The van der Waals surface area contributed by atoms with Crippen LogP contribution in [-0.2, 0) is 0 Å². The van der Waals surface area contributed by atoms with Crippen LogP contribution >= 0.6 is 0 Å². The molecule has 1 aromatic carbocycles. The van der Waals surface area contributed by atoms with Gasteiger partial charge in [-0.25, -0.2) is 9.37 Å². The Labute approximate surface area is 98.1 Å². The van der Waals surface area contributed by atoms with Gasteiger partial charge in [0.05, 0.1) is 0 Å². The molecule has 84 valence electrons. The number of aromatic nitrogens is 1. The number of nitrogens with zero attached hydrogens (tertiary/aromatic N) is 2. The van der Waals surface area contributed by atoms with Crippen molar-refractivity contribution in [1.29, 1.82) is 5.26 Å². The van der Waals surface area contributed by atoms with Crippen molar-refractivity contribution in [2.75, 3.05) is 0 Å². The first-order valence-electron chi connectivity index (χ1n) is 5.01. The van der Waals surface area contributed by atoms with Gasteiger partial charge in [-0.2, -0.15) is 5.26 Å². The van der Waals surface area contributed by atoms with Crippen LogP contribution in [0, 0.1) is 24.1 Å². The van der Waals surface area contributed by atoms with E-state index in [-0.39, 0.29) is 17.3 Å².